The predicted molar refractivity (Wildman–Crippen MR) is 80.0 cm³/mol. The van der Waals surface area contributed by atoms with Crippen LogP contribution in [-0.4, -0.2) is 40.5 Å². The Balaban J connectivity index is 2.15. The van der Waals surface area contributed by atoms with Gasteiger partial charge in [0.2, 0.25) is 0 Å². The van der Waals surface area contributed by atoms with Crippen LogP contribution in [0.2, 0.25) is 0 Å². The zero-order chi connectivity index (χ0) is 14.3. The first-order chi connectivity index (χ1) is 9.60. The van der Waals surface area contributed by atoms with Crippen LogP contribution in [0.4, 0.5) is 4.39 Å². The SMILES string of the molecule is Cc1cc2c(cc1F)nc(CCCl)n2C1CCN(C)C1. The Kier molecular flexibility index (Phi) is 3.69. The summed E-state index contributed by atoms with van der Waals surface area (Å²) in [6, 6.07) is 3.86. The molecule has 1 atom stereocenters. The number of rotatable bonds is 3. The van der Waals surface area contributed by atoms with Crippen molar-refractivity contribution < 1.29 is 4.39 Å². The van der Waals surface area contributed by atoms with Crippen molar-refractivity contribution in [2.75, 3.05) is 26.0 Å². The van der Waals surface area contributed by atoms with Crippen molar-refractivity contribution in [1.29, 1.82) is 0 Å². The lowest BCUT2D eigenvalue weighted by molar-refractivity contribution is 0.392. The first-order valence-corrected chi connectivity index (χ1v) is 7.55. The summed E-state index contributed by atoms with van der Waals surface area (Å²) in [6.45, 7) is 3.90. The highest BCUT2D eigenvalue weighted by molar-refractivity contribution is 6.17. The van der Waals surface area contributed by atoms with E-state index < -0.39 is 0 Å². The topological polar surface area (TPSA) is 21.1 Å². The number of imidazole rings is 1. The number of aromatic nitrogens is 2. The molecule has 0 N–H and O–H groups in total. The highest BCUT2D eigenvalue weighted by Gasteiger charge is 2.25. The van der Waals surface area contributed by atoms with Gasteiger partial charge in [0.25, 0.3) is 0 Å². The van der Waals surface area contributed by atoms with Crippen molar-refractivity contribution in [2.45, 2.75) is 25.8 Å². The van der Waals surface area contributed by atoms with Crippen molar-refractivity contribution in [3.8, 4) is 0 Å². The van der Waals surface area contributed by atoms with Gasteiger partial charge in [-0.2, -0.15) is 0 Å². The summed E-state index contributed by atoms with van der Waals surface area (Å²) >= 11 is 5.90. The molecule has 1 unspecified atom stereocenters. The zero-order valence-electron chi connectivity index (χ0n) is 11.9. The van der Waals surface area contributed by atoms with Crippen molar-refractivity contribution >= 4 is 22.6 Å². The molecule has 0 spiro atoms. The standard InChI is InChI=1S/C15H19ClFN3/c1-10-7-14-13(8-12(10)17)18-15(3-5-16)20(14)11-4-6-19(2)9-11/h7-8,11H,3-6,9H2,1-2H3. The van der Waals surface area contributed by atoms with Crippen LogP contribution < -0.4 is 0 Å². The maximum absolute atomic E-state index is 13.7. The molecule has 5 heteroatoms. The van der Waals surface area contributed by atoms with E-state index in [1.807, 2.05) is 6.07 Å². The van der Waals surface area contributed by atoms with Gasteiger partial charge < -0.3 is 9.47 Å². The van der Waals surface area contributed by atoms with E-state index in [2.05, 4.69) is 21.5 Å². The summed E-state index contributed by atoms with van der Waals surface area (Å²) in [7, 11) is 2.13. The normalized spacial score (nSPS) is 20.1. The van der Waals surface area contributed by atoms with Gasteiger partial charge in [-0.05, 0) is 38.6 Å². The van der Waals surface area contributed by atoms with E-state index in [0.717, 1.165) is 42.8 Å². The molecule has 108 valence electrons. The fourth-order valence-corrected chi connectivity index (χ4v) is 3.23. The van der Waals surface area contributed by atoms with Crippen LogP contribution in [0.1, 0.15) is 23.9 Å². The molecule has 0 radical (unpaired) electrons. The van der Waals surface area contributed by atoms with Crippen LogP contribution in [0, 0.1) is 12.7 Å². The van der Waals surface area contributed by atoms with Crippen LogP contribution in [-0.2, 0) is 6.42 Å². The highest BCUT2D eigenvalue weighted by atomic mass is 35.5. The smallest absolute Gasteiger partial charge is 0.128 e. The molecule has 0 aliphatic carbocycles. The van der Waals surface area contributed by atoms with Crippen molar-refractivity contribution in [3.63, 3.8) is 0 Å². The monoisotopic (exact) mass is 295 g/mol. The molecule has 1 saturated heterocycles. The van der Waals surface area contributed by atoms with Gasteiger partial charge in [-0.1, -0.05) is 0 Å². The first kappa shape index (κ1) is 13.8. The van der Waals surface area contributed by atoms with E-state index in [1.165, 1.54) is 6.07 Å². The summed E-state index contributed by atoms with van der Waals surface area (Å²) in [4.78, 5) is 6.91. The van der Waals surface area contributed by atoms with E-state index in [1.54, 1.807) is 6.92 Å². The molecule has 3 nitrogen and oxygen atoms in total. The van der Waals surface area contributed by atoms with Gasteiger partial charge in [-0.3, -0.25) is 0 Å². The number of likely N-dealkylation sites (N-methyl/N-ethyl adjacent to an activating group) is 1. The number of nitrogens with zero attached hydrogens (tertiary/aromatic N) is 3. The maximum atomic E-state index is 13.7. The van der Waals surface area contributed by atoms with E-state index in [-0.39, 0.29) is 5.82 Å². The molecule has 0 bridgehead atoms. The predicted octanol–water partition coefficient (Wildman–Crippen LogP) is 3.14. The Hall–Kier alpha value is -1.13. The number of benzene rings is 1. The van der Waals surface area contributed by atoms with Crippen LogP contribution in [0.5, 0.6) is 0 Å². The fraction of sp³-hybridized carbons (Fsp3) is 0.533. The van der Waals surface area contributed by atoms with Gasteiger partial charge in [-0.25, -0.2) is 9.37 Å². The Bertz CT molecular complexity index is 638. The minimum atomic E-state index is -0.192. The number of fused-ring (bicyclic) bond motifs is 1. The van der Waals surface area contributed by atoms with Gasteiger partial charge in [0.1, 0.15) is 11.6 Å². The molecular formula is C15H19ClFN3. The minimum Gasteiger partial charge on any atom is -0.323 e. The quantitative estimate of drug-likeness (QED) is 0.811. The van der Waals surface area contributed by atoms with Gasteiger partial charge in [0, 0.05) is 31.0 Å². The summed E-state index contributed by atoms with van der Waals surface area (Å²) in [5.74, 6) is 1.32. The lowest BCUT2D eigenvalue weighted by Crippen LogP contribution is -2.18. The largest absolute Gasteiger partial charge is 0.323 e. The molecule has 0 saturated carbocycles. The highest BCUT2D eigenvalue weighted by Crippen LogP contribution is 2.29. The van der Waals surface area contributed by atoms with Crippen molar-refractivity contribution in [1.82, 2.24) is 14.5 Å². The molecule has 2 aromatic rings. The fourth-order valence-electron chi connectivity index (χ4n) is 3.06. The third-order valence-electron chi connectivity index (χ3n) is 4.09. The average molecular weight is 296 g/mol. The number of aryl methyl sites for hydroxylation is 2. The zero-order valence-corrected chi connectivity index (χ0v) is 12.6. The first-order valence-electron chi connectivity index (χ1n) is 7.01. The second-order valence-corrected chi connectivity index (χ2v) is 6.01. The number of hydrogen-bond acceptors (Lipinski definition) is 2. The molecule has 1 fully saturated rings. The molecule has 0 amide bonds. The van der Waals surface area contributed by atoms with Gasteiger partial charge in [0.15, 0.2) is 0 Å². The van der Waals surface area contributed by atoms with E-state index >= 15 is 0 Å². The molecule has 2 heterocycles. The number of halogens is 2. The van der Waals surface area contributed by atoms with E-state index in [4.69, 9.17) is 11.6 Å². The van der Waals surface area contributed by atoms with Crippen LogP contribution in [0.3, 0.4) is 0 Å². The molecule has 3 rings (SSSR count). The Morgan fingerprint density at radius 1 is 1.45 bits per heavy atom. The van der Waals surface area contributed by atoms with E-state index in [9.17, 15) is 4.39 Å². The van der Waals surface area contributed by atoms with Crippen LogP contribution >= 0.6 is 11.6 Å². The lowest BCUT2D eigenvalue weighted by Gasteiger charge is -2.17. The molecule has 20 heavy (non-hydrogen) atoms. The molecule has 1 aliphatic heterocycles. The van der Waals surface area contributed by atoms with Gasteiger partial charge in [-0.15, -0.1) is 11.6 Å². The summed E-state index contributed by atoms with van der Waals surface area (Å²) < 4.78 is 16.0. The van der Waals surface area contributed by atoms with Gasteiger partial charge >= 0.3 is 0 Å². The minimum absolute atomic E-state index is 0.192. The van der Waals surface area contributed by atoms with Crippen LogP contribution in [0.15, 0.2) is 12.1 Å². The summed E-state index contributed by atoms with van der Waals surface area (Å²) in [6.07, 6.45) is 1.82. The van der Waals surface area contributed by atoms with Crippen LogP contribution in [0.25, 0.3) is 11.0 Å². The third-order valence-corrected chi connectivity index (χ3v) is 4.28. The molecule has 1 aliphatic rings. The average Bonchev–Trinajstić information content (AvgIpc) is 2.94. The summed E-state index contributed by atoms with van der Waals surface area (Å²) in [5, 5.41) is 0. The lowest BCUT2D eigenvalue weighted by atomic mass is 10.2. The van der Waals surface area contributed by atoms with E-state index in [0.29, 0.717) is 17.5 Å². The Morgan fingerprint density at radius 3 is 2.90 bits per heavy atom. The maximum Gasteiger partial charge on any atom is 0.128 e. The van der Waals surface area contributed by atoms with Crippen molar-refractivity contribution in [2.24, 2.45) is 0 Å². The second-order valence-electron chi connectivity index (χ2n) is 5.63. The number of alkyl halides is 1. The second kappa shape index (κ2) is 5.34. The Morgan fingerprint density at radius 2 is 2.25 bits per heavy atom. The van der Waals surface area contributed by atoms with Gasteiger partial charge in [0.05, 0.1) is 11.0 Å². The molecule has 1 aromatic carbocycles. The number of likely N-dealkylation sites (tertiary alicyclic amines) is 1. The third kappa shape index (κ3) is 2.31. The molecule has 1 aromatic heterocycles. The number of hydrogen-bond donors (Lipinski definition) is 0. The Labute approximate surface area is 123 Å². The summed E-state index contributed by atoms with van der Waals surface area (Å²) in [5.41, 5.74) is 2.44. The molecular weight excluding hydrogens is 277 g/mol. The van der Waals surface area contributed by atoms with Crippen molar-refractivity contribution in [3.05, 3.63) is 29.3 Å².